The van der Waals surface area contributed by atoms with Crippen LogP contribution in [0.2, 0.25) is 5.02 Å². The summed E-state index contributed by atoms with van der Waals surface area (Å²) in [4.78, 5) is 12.7. The Kier molecular flexibility index (Phi) is 6.85. The van der Waals surface area contributed by atoms with Crippen molar-refractivity contribution in [2.45, 2.75) is 45.1 Å². The second-order valence-electron chi connectivity index (χ2n) is 7.51. The highest BCUT2D eigenvalue weighted by atomic mass is 35.5. The Labute approximate surface area is 178 Å². The molecule has 2 aromatic carbocycles. The number of benzene rings is 2. The molecule has 0 fully saturated rings. The molecule has 0 heterocycles. The van der Waals surface area contributed by atoms with Crippen LogP contribution in [-0.2, 0) is 27.7 Å². The molecule has 1 atom stereocenters. The fraction of sp³-hybridized carbons (Fsp3) is 0.409. The monoisotopic (exact) mass is 434 g/mol. The third-order valence-electron chi connectivity index (χ3n) is 5.30. The summed E-state index contributed by atoms with van der Waals surface area (Å²) in [5.74, 6) is -0.347. The van der Waals surface area contributed by atoms with Crippen molar-refractivity contribution in [2.24, 2.45) is 0 Å². The molecule has 1 aliphatic rings. The van der Waals surface area contributed by atoms with Gasteiger partial charge in [-0.1, -0.05) is 42.8 Å². The molecule has 0 unspecified atom stereocenters. The zero-order valence-corrected chi connectivity index (χ0v) is 18.4. The van der Waals surface area contributed by atoms with Gasteiger partial charge >= 0.3 is 0 Å². The number of rotatable bonds is 7. The van der Waals surface area contributed by atoms with Crippen molar-refractivity contribution in [3.8, 4) is 0 Å². The molecule has 1 amide bonds. The van der Waals surface area contributed by atoms with E-state index in [0.717, 1.165) is 35.4 Å². The number of aryl methyl sites for hydroxylation is 2. The van der Waals surface area contributed by atoms with Gasteiger partial charge in [-0.3, -0.25) is 9.10 Å². The lowest BCUT2D eigenvalue weighted by Gasteiger charge is -2.25. The summed E-state index contributed by atoms with van der Waals surface area (Å²) in [6.07, 6.45) is 6.42. The van der Waals surface area contributed by atoms with Crippen molar-refractivity contribution in [2.75, 3.05) is 17.1 Å². The van der Waals surface area contributed by atoms with Gasteiger partial charge in [-0.05, 0) is 67.0 Å². The average molecular weight is 435 g/mol. The van der Waals surface area contributed by atoms with E-state index in [1.165, 1.54) is 30.0 Å². The van der Waals surface area contributed by atoms with E-state index < -0.39 is 10.0 Å². The quantitative estimate of drug-likeness (QED) is 0.708. The van der Waals surface area contributed by atoms with Gasteiger partial charge in [0.05, 0.1) is 18.0 Å². The lowest BCUT2D eigenvalue weighted by atomic mass is 9.89. The third kappa shape index (κ3) is 5.52. The second-order valence-corrected chi connectivity index (χ2v) is 9.86. The van der Waals surface area contributed by atoms with Crippen LogP contribution < -0.4 is 9.62 Å². The van der Waals surface area contributed by atoms with Gasteiger partial charge in [0.15, 0.2) is 0 Å². The van der Waals surface area contributed by atoms with Crippen molar-refractivity contribution in [1.82, 2.24) is 5.32 Å². The summed E-state index contributed by atoms with van der Waals surface area (Å²) in [6.45, 7) is 1.72. The zero-order valence-electron chi connectivity index (χ0n) is 16.8. The van der Waals surface area contributed by atoms with Crippen LogP contribution in [-0.4, -0.2) is 27.1 Å². The number of anilines is 1. The van der Waals surface area contributed by atoms with Crippen LogP contribution >= 0.6 is 11.6 Å². The van der Waals surface area contributed by atoms with E-state index in [9.17, 15) is 13.2 Å². The molecular formula is C22H27ClN2O3S. The minimum atomic E-state index is -3.64. The Morgan fingerprint density at radius 3 is 2.52 bits per heavy atom. The lowest BCUT2D eigenvalue weighted by molar-refractivity contribution is -0.120. The summed E-state index contributed by atoms with van der Waals surface area (Å²) in [5.41, 5.74) is 4.19. The first-order chi connectivity index (χ1) is 13.8. The number of halogens is 1. The van der Waals surface area contributed by atoms with Crippen molar-refractivity contribution in [3.63, 3.8) is 0 Å². The molecule has 1 N–H and O–H groups in total. The normalized spacial score (nSPS) is 14.7. The Balaban J connectivity index is 1.76. The van der Waals surface area contributed by atoms with E-state index in [2.05, 4.69) is 23.5 Å². The number of carbonyl (C=O) groups is 1. The molecule has 5 nitrogen and oxygen atoms in total. The zero-order chi connectivity index (χ0) is 21.0. The minimum Gasteiger partial charge on any atom is -0.348 e. The average Bonchev–Trinajstić information content (AvgIpc) is 2.69. The van der Waals surface area contributed by atoms with Gasteiger partial charge in [0, 0.05) is 5.02 Å². The number of hydrogen-bond donors (Lipinski definition) is 1. The summed E-state index contributed by atoms with van der Waals surface area (Å²) < 4.78 is 25.6. The number of nitrogens with one attached hydrogen (secondary N) is 1. The highest BCUT2D eigenvalue weighted by Gasteiger charge is 2.23. The summed E-state index contributed by atoms with van der Waals surface area (Å²) in [6, 6.07) is 12.8. The van der Waals surface area contributed by atoms with Gasteiger partial charge in [-0.25, -0.2) is 8.42 Å². The molecule has 0 spiro atoms. The largest absolute Gasteiger partial charge is 0.348 e. The fourth-order valence-corrected chi connectivity index (χ4v) is 4.83. The summed E-state index contributed by atoms with van der Waals surface area (Å²) in [7, 11) is -3.64. The standard InChI is InChI=1S/C22H27ClN2O3S/c1-3-21(18-12-11-16-7-4-5-8-17(16)13-18)24-22(26)15-25(29(2,27)28)20-10-6-9-19(23)14-20/h6,9-14,21H,3-5,7-8,15H2,1-2H3,(H,24,26)/t21-/m1/s1. The number of hydrogen-bond acceptors (Lipinski definition) is 3. The first kappa shape index (κ1) is 21.7. The number of nitrogens with zero attached hydrogens (tertiary/aromatic N) is 1. The highest BCUT2D eigenvalue weighted by Crippen LogP contribution is 2.26. The van der Waals surface area contributed by atoms with Gasteiger partial charge < -0.3 is 5.32 Å². The maximum Gasteiger partial charge on any atom is 0.241 e. The Hall–Kier alpha value is -2.05. The maximum absolute atomic E-state index is 12.7. The number of fused-ring (bicyclic) bond motifs is 1. The van der Waals surface area contributed by atoms with Crippen LogP contribution in [0.25, 0.3) is 0 Å². The van der Waals surface area contributed by atoms with Gasteiger partial charge in [-0.15, -0.1) is 0 Å². The van der Waals surface area contributed by atoms with Crippen molar-refractivity contribution < 1.29 is 13.2 Å². The van der Waals surface area contributed by atoms with Gasteiger partial charge in [-0.2, -0.15) is 0 Å². The van der Waals surface area contributed by atoms with E-state index in [1.807, 2.05) is 6.92 Å². The molecule has 29 heavy (non-hydrogen) atoms. The summed E-state index contributed by atoms with van der Waals surface area (Å²) in [5, 5.41) is 3.41. The van der Waals surface area contributed by atoms with Gasteiger partial charge in [0.25, 0.3) is 0 Å². The predicted molar refractivity (Wildman–Crippen MR) is 118 cm³/mol. The molecule has 0 radical (unpaired) electrons. The molecule has 0 saturated heterocycles. The Morgan fingerprint density at radius 2 is 1.86 bits per heavy atom. The molecule has 1 aliphatic carbocycles. The van der Waals surface area contributed by atoms with Crippen molar-refractivity contribution >= 4 is 33.2 Å². The van der Waals surface area contributed by atoms with E-state index in [-0.39, 0.29) is 18.5 Å². The van der Waals surface area contributed by atoms with Gasteiger partial charge in [0.1, 0.15) is 6.54 Å². The van der Waals surface area contributed by atoms with Crippen LogP contribution in [0.15, 0.2) is 42.5 Å². The smallest absolute Gasteiger partial charge is 0.241 e. The van der Waals surface area contributed by atoms with Crippen LogP contribution in [0.5, 0.6) is 0 Å². The van der Waals surface area contributed by atoms with Crippen LogP contribution in [0.4, 0.5) is 5.69 Å². The van der Waals surface area contributed by atoms with E-state index in [0.29, 0.717) is 10.7 Å². The molecule has 0 aromatic heterocycles. The predicted octanol–water partition coefficient (Wildman–Crippen LogP) is 4.25. The van der Waals surface area contributed by atoms with E-state index in [4.69, 9.17) is 11.6 Å². The molecule has 2 aromatic rings. The molecule has 0 saturated carbocycles. The maximum atomic E-state index is 12.7. The van der Waals surface area contributed by atoms with Crippen molar-refractivity contribution in [3.05, 3.63) is 64.2 Å². The third-order valence-corrected chi connectivity index (χ3v) is 6.68. The Bertz CT molecular complexity index is 991. The number of amides is 1. The van der Waals surface area contributed by atoms with E-state index in [1.54, 1.807) is 18.2 Å². The van der Waals surface area contributed by atoms with E-state index >= 15 is 0 Å². The number of sulfonamides is 1. The molecule has 0 aliphatic heterocycles. The first-order valence-corrected chi connectivity index (χ1v) is 12.1. The molecule has 156 valence electrons. The second kappa shape index (κ2) is 9.18. The van der Waals surface area contributed by atoms with Crippen LogP contribution in [0.3, 0.4) is 0 Å². The molecule has 7 heteroatoms. The molecule has 3 rings (SSSR count). The Morgan fingerprint density at radius 1 is 1.14 bits per heavy atom. The SMILES string of the molecule is CC[C@@H](NC(=O)CN(c1cccc(Cl)c1)S(C)(=O)=O)c1ccc2c(c1)CCCC2. The molecule has 0 bridgehead atoms. The molecular weight excluding hydrogens is 408 g/mol. The topological polar surface area (TPSA) is 66.5 Å². The van der Waals surface area contributed by atoms with Crippen LogP contribution in [0.1, 0.15) is 48.9 Å². The highest BCUT2D eigenvalue weighted by molar-refractivity contribution is 7.92. The summed E-state index contributed by atoms with van der Waals surface area (Å²) >= 11 is 6.00. The number of carbonyl (C=O) groups excluding carboxylic acids is 1. The minimum absolute atomic E-state index is 0.157. The first-order valence-electron chi connectivity index (χ1n) is 9.92. The van der Waals surface area contributed by atoms with Crippen molar-refractivity contribution in [1.29, 1.82) is 0 Å². The van der Waals surface area contributed by atoms with Gasteiger partial charge in [0.2, 0.25) is 15.9 Å². The lowest BCUT2D eigenvalue weighted by Crippen LogP contribution is -2.41. The fourth-order valence-electron chi connectivity index (χ4n) is 3.79. The van der Waals surface area contributed by atoms with Crippen LogP contribution in [0, 0.1) is 0 Å².